The van der Waals surface area contributed by atoms with Crippen LogP contribution in [0, 0.1) is 0 Å². The molecule has 3 rings (SSSR count). The Bertz CT molecular complexity index is 854. The minimum atomic E-state index is -0.461. The maximum absolute atomic E-state index is 12.7. The zero-order valence-corrected chi connectivity index (χ0v) is 16.8. The van der Waals surface area contributed by atoms with Crippen LogP contribution in [0.2, 0.25) is 5.02 Å². The molecule has 0 bridgehead atoms. The van der Waals surface area contributed by atoms with Crippen molar-refractivity contribution in [3.63, 3.8) is 0 Å². The zero-order chi connectivity index (χ0) is 18.7. The molecule has 2 aromatic rings. The van der Waals surface area contributed by atoms with E-state index in [1.807, 2.05) is 6.26 Å². The fourth-order valence-corrected chi connectivity index (χ4v) is 4.63. The molecule has 6 nitrogen and oxygen atoms in total. The first-order valence-corrected chi connectivity index (χ1v) is 10.7. The third kappa shape index (κ3) is 3.87. The quantitative estimate of drug-likeness (QED) is 0.450. The van der Waals surface area contributed by atoms with E-state index in [1.54, 1.807) is 6.92 Å². The second-order valence-electron chi connectivity index (χ2n) is 5.64. The molecule has 0 aromatic carbocycles. The number of carbonyl (C=O) groups is 2. The van der Waals surface area contributed by atoms with Gasteiger partial charge in [-0.3, -0.25) is 4.79 Å². The summed E-state index contributed by atoms with van der Waals surface area (Å²) in [5, 5.41) is 3.93. The number of carbonyl (C=O) groups excluding carboxylic acids is 2. The number of hydrogen-bond donors (Lipinski definition) is 1. The lowest BCUT2D eigenvalue weighted by molar-refractivity contribution is 0.0526. The van der Waals surface area contributed by atoms with Crippen molar-refractivity contribution in [3.05, 3.63) is 32.9 Å². The molecule has 26 heavy (non-hydrogen) atoms. The summed E-state index contributed by atoms with van der Waals surface area (Å²) in [5.74, 6) is -0.863. The van der Waals surface area contributed by atoms with E-state index < -0.39 is 11.9 Å². The van der Waals surface area contributed by atoms with Crippen molar-refractivity contribution in [1.29, 1.82) is 0 Å². The van der Waals surface area contributed by atoms with E-state index in [1.165, 1.54) is 29.3 Å². The van der Waals surface area contributed by atoms with E-state index in [9.17, 15) is 9.59 Å². The molecule has 0 aliphatic heterocycles. The smallest absolute Gasteiger partial charge is 0.341 e. The molecule has 0 saturated carbocycles. The van der Waals surface area contributed by atoms with Gasteiger partial charge in [-0.1, -0.05) is 23.4 Å². The van der Waals surface area contributed by atoms with Gasteiger partial charge in [0.2, 0.25) is 0 Å². The SMILES string of the molecule is CCOC(=O)c1c(NC(=O)c2nc(SC)ncc2Cl)sc2c1CCCC2. The Labute approximate surface area is 164 Å². The number of fused-ring (bicyclic) bond motifs is 1. The summed E-state index contributed by atoms with van der Waals surface area (Å²) in [5.41, 5.74) is 1.55. The monoisotopic (exact) mass is 411 g/mol. The molecule has 0 spiro atoms. The van der Waals surface area contributed by atoms with Crippen molar-refractivity contribution >= 4 is 51.6 Å². The predicted octanol–water partition coefficient (Wildman–Crippen LogP) is 4.22. The summed E-state index contributed by atoms with van der Waals surface area (Å²) >= 11 is 8.83. The van der Waals surface area contributed by atoms with E-state index in [0.717, 1.165) is 36.1 Å². The zero-order valence-electron chi connectivity index (χ0n) is 14.4. The summed E-state index contributed by atoms with van der Waals surface area (Å²) in [7, 11) is 0. The van der Waals surface area contributed by atoms with Crippen LogP contribution < -0.4 is 5.32 Å². The lowest BCUT2D eigenvalue weighted by Gasteiger charge is -2.12. The standard InChI is InChI=1S/C17H18ClN3O3S2/c1-3-24-16(23)12-9-6-4-5-7-11(9)26-15(12)21-14(22)13-10(18)8-19-17(20-13)25-2/h8H,3-7H2,1-2H3,(H,21,22). The van der Waals surface area contributed by atoms with Gasteiger partial charge in [-0.15, -0.1) is 11.3 Å². The summed E-state index contributed by atoms with van der Waals surface area (Å²) in [6.45, 7) is 2.05. The van der Waals surface area contributed by atoms with Crippen LogP contribution in [0.5, 0.6) is 0 Å². The van der Waals surface area contributed by atoms with Crippen molar-refractivity contribution in [2.75, 3.05) is 18.2 Å². The number of ether oxygens (including phenoxy) is 1. The van der Waals surface area contributed by atoms with Crippen LogP contribution in [0.15, 0.2) is 11.4 Å². The van der Waals surface area contributed by atoms with Crippen LogP contribution >= 0.6 is 34.7 Å². The highest BCUT2D eigenvalue weighted by Crippen LogP contribution is 2.39. The highest BCUT2D eigenvalue weighted by Gasteiger charge is 2.28. The van der Waals surface area contributed by atoms with Gasteiger partial charge in [0.1, 0.15) is 5.00 Å². The molecule has 1 N–H and O–H groups in total. The number of rotatable bonds is 5. The number of anilines is 1. The van der Waals surface area contributed by atoms with Crippen LogP contribution in [0.3, 0.4) is 0 Å². The van der Waals surface area contributed by atoms with E-state index in [-0.39, 0.29) is 17.3 Å². The summed E-state index contributed by atoms with van der Waals surface area (Å²) < 4.78 is 5.20. The first-order valence-electron chi connectivity index (χ1n) is 8.24. The highest BCUT2D eigenvalue weighted by molar-refractivity contribution is 7.98. The van der Waals surface area contributed by atoms with Crippen molar-refractivity contribution in [1.82, 2.24) is 9.97 Å². The number of thioether (sulfide) groups is 1. The van der Waals surface area contributed by atoms with Gasteiger partial charge in [0.15, 0.2) is 10.9 Å². The number of amides is 1. The van der Waals surface area contributed by atoms with Crippen LogP contribution in [0.25, 0.3) is 0 Å². The first kappa shape index (κ1) is 19.1. The number of esters is 1. The molecular formula is C17H18ClN3O3S2. The first-order chi connectivity index (χ1) is 12.5. The third-order valence-corrected chi connectivity index (χ3v) is 6.04. The Morgan fingerprint density at radius 1 is 1.38 bits per heavy atom. The van der Waals surface area contributed by atoms with Crippen LogP contribution in [0.4, 0.5) is 5.00 Å². The van der Waals surface area contributed by atoms with Gasteiger partial charge >= 0.3 is 5.97 Å². The average molecular weight is 412 g/mol. The van der Waals surface area contributed by atoms with E-state index in [4.69, 9.17) is 16.3 Å². The molecule has 0 unspecified atom stereocenters. The summed E-state index contributed by atoms with van der Waals surface area (Å²) in [4.78, 5) is 34.5. The molecule has 1 aliphatic rings. The second-order valence-corrected chi connectivity index (χ2v) is 7.93. The normalized spacial score (nSPS) is 13.2. The van der Waals surface area contributed by atoms with Crippen LogP contribution in [-0.4, -0.2) is 34.7 Å². The molecule has 9 heteroatoms. The van der Waals surface area contributed by atoms with Gasteiger partial charge in [0.05, 0.1) is 23.4 Å². The van der Waals surface area contributed by atoms with E-state index in [2.05, 4.69) is 15.3 Å². The van der Waals surface area contributed by atoms with Crippen molar-refractivity contribution in [3.8, 4) is 0 Å². The van der Waals surface area contributed by atoms with Crippen LogP contribution in [0.1, 0.15) is 51.1 Å². The highest BCUT2D eigenvalue weighted by atomic mass is 35.5. The Hall–Kier alpha value is -1.64. The minimum Gasteiger partial charge on any atom is -0.462 e. The molecule has 2 aromatic heterocycles. The number of aryl methyl sites for hydroxylation is 1. The molecule has 2 heterocycles. The topological polar surface area (TPSA) is 81.2 Å². The molecule has 0 atom stereocenters. The molecular weight excluding hydrogens is 394 g/mol. The van der Waals surface area contributed by atoms with Crippen molar-refractivity contribution in [2.24, 2.45) is 0 Å². The van der Waals surface area contributed by atoms with E-state index in [0.29, 0.717) is 15.7 Å². The Morgan fingerprint density at radius 3 is 2.88 bits per heavy atom. The molecule has 1 amide bonds. The molecule has 0 saturated heterocycles. The number of nitrogens with zero attached hydrogens (tertiary/aromatic N) is 2. The van der Waals surface area contributed by atoms with Gasteiger partial charge in [0, 0.05) is 4.88 Å². The fourth-order valence-electron chi connectivity index (χ4n) is 2.84. The number of aromatic nitrogens is 2. The third-order valence-electron chi connectivity index (χ3n) is 4.00. The number of halogens is 1. The van der Waals surface area contributed by atoms with Crippen molar-refractivity contribution in [2.45, 2.75) is 37.8 Å². The Balaban J connectivity index is 1.95. The maximum Gasteiger partial charge on any atom is 0.341 e. The fraction of sp³-hybridized carbons (Fsp3) is 0.412. The molecule has 1 aliphatic carbocycles. The van der Waals surface area contributed by atoms with Gasteiger partial charge in [-0.2, -0.15) is 0 Å². The number of hydrogen-bond acceptors (Lipinski definition) is 7. The van der Waals surface area contributed by atoms with Crippen molar-refractivity contribution < 1.29 is 14.3 Å². The number of thiophene rings is 1. The molecule has 138 valence electrons. The molecule has 0 radical (unpaired) electrons. The van der Waals surface area contributed by atoms with E-state index >= 15 is 0 Å². The number of nitrogens with one attached hydrogen (secondary N) is 1. The predicted molar refractivity (Wildman–Crippen MR) is 104 cm³/mol. The Kier molecular flexibility index (Phi) is 6.16. The summed E-state index contributed by atoms with van der Waals surface area (Å²) in [6, 6.07) is 0. The largest absolute Gasteiger partial charge is 0.462 e. The second kappa shape index (κ2) is 8.37. The molecule has 0 fully saturated rings. The average Bonchev–Trinajstić information content (AvgIpc) is 3.00. The Morgan fingerprint density at radius 2 is 2.15 bits per heavy atom. The minimum absolute atomic E-state index is 0.0900. The van der Waals surface area contributed by atoms with Gasteiger partial charge in [0.25, 0.3) is 5.91 Å². The summed E-state index contributed by atoms with van der Waals surface area (Å²) in [6.07, 6.45) is 7.06. The lowest BCUT2D eigenvalue weighted by Crippen LogP contribution is -2.17. The van der Waals surface area contributed by atoms with Gasteiger partial charge < -0.3 is 10.1 Å². The van der Waals surface area contributed by atoms with Crippen LogP contribution in [-0.2, 0) is 17.6 Å². The van der Waals surface area contributed by atoms with Gasteiger partial charge in [-0.05, 0) is 44.4 Å². The lowest BCUT2D eigenvalue weighted by atomic mass is 9.95. The maximum atomic E-state index is 12.7. The van der Waals surface area contributed by atoms with Gasteiger partial charge in [-0.25, -0.2) is 14.8 Å².